The standard InChI is InChI=1S/C15H21F2N/c1-10(2)8-11-9-18-7-6-12(11)13-4-3-5-14(16)15(13)17/h3-5,10-12,18H,6-9H2,1-2H3. The van der Waals surface area contributed by atoms with Crippen molar-refractivity contribution in [2.24, 2.45) is 11.8 Å². The van der Waals surface area contributed by atoms with E-state index in [1.807, 2.05) is 0 Å². The zero-order valence-electron chi connectivity index (χ0n) is 11.0. The molecular weight excluding hydrogens is 232 g/mol. The fraction of sp³-hybridized carbons (Fsp3) is 0.600. The third-order valence-electron chi connectivity index (χ3n) is 3.76. The molecular formula is C15H21F2N. The first kappa shape index (κ1) is 13.5. The third-order valence-corrected chi connectivity index (χ3v) is 3.76. The maximum atomic E-state index is 13.9. The quantitative estimate of drug-likeness (QED) is 0.866. The lowest BCUT2D eigenvalue weighted by Gasteiger charge is -2.34. The minimum atomic E-state index is -0.727. The average molecular weight is 253 g/mol. The van der Waals surface area contributed by atoms with Crippen molar-refractivity contribution in [3.05, 3.63) is 35.4 Å². The second-order valence-corrected chi connectivity index (χ2v) is 5.63. The molecule has 0 amide bonds. The molecule has 0 spiro atoms. The molecule has 2 unspecified atom stereocenters. The fourth-order valence-corrected chi connectivity index (χ4v) is 2.99. The largest absolute Gasteiger partial charge is 0.316 e. The Labute approximate surface area is 108 Å². The van der Waals surface area contributed by atoms with Crippen molar-refractivity contribution in [1.82, 2.24) is 5.32 Å². The van der Waals surface area contributed by atoms with Crippen LogP contribution in [0.5, 0.6) is 0 Å². The summed E-state index contributed by atoms with van der Waals surface area (Å²) in [5.41, 5.74) is 0.558. The van der Waals surface area contributed by atoms with Crippen molar-refractivity contribution in [1.29, 1.82) is 0 Å². The summed E-state index contributed by atoms with van der Waals surface area (Å²) in [4.78, 5) is 0. The molecule has 0 aromatic heterocycles. The Morgan fingerprint density at radius 2 is 2.11 bits per heavy atom. The number of halogens is 2. The molecule has 0 saturated carbocycles. The molecule has 3 heteroatoms. The van der Waals surface area contributed by atoms with Crippen LogP contribution in [-0.2, 0) is 0 Å². The van der Waals surface area contributed by atoms with Gasteiger partial charge >= 0.3 is 0 Å². The summed E-state index contributed by atoms with van der Waals surface area (Å²) < 4.78 is 27.2. The SMILES string of the molecule is CC(C)CC1CNCCC1c1cccc(F)c1F. The zero-order chi connectivity index (χ0) is 13.1. The van der Waals surface area contributed by atoms with Crippen molar-refractivity contribution in [3.63, 3.8) is 0 Å². The highest BCUT2D eigenvalue weighted by Crippen LogP contribution is 2.35. The van der Waals surface area contributed by atoms with Crippen LogP contribution in [-0.4, -0.2) is 13.1 Å². The Morgan fingerprint density at radius 3 is 2.83 bits per heavy atom. The van der Waals surface area contributed by atoms with E-state index in [1.54, 1.807) is 12.1 Å². The second kappa shape index (κ2) is 5.79. The van der Waals surface area contributed by atoms with Crippen molar-refractivity contribution < 1.29 is 8.78 Å². The van der Waals surface area contributed by atoms with Crippen LogP contribution in [0.15, 0.2) is 18.2 Å². The van der Waals surface area contributed by atoms with Crippen molar-refractivity contribution >= 4 is 0 Å². The molecule has 1 aliphatic rings. The maximum absolute atomic E-state index is 13.9. The van der Waals surface area contributed by atoms with Crippen molar-refractivity contribution in [3.8, 4) is 0 Å². The van der Waals surface area contributed by atoms with E-state index in [0.717, 1.165) is 25.9 Å². The summed E-state index contributed by atoms with van der Waals surface area (Å²) in [5, 5.41) is 3.36. The molecule has 1 aliphatic heterocycles. The highest BCUT2D eigenvalue weighted by molar-refractivity contribution is 5.24. The van der Waals surface area contributed by atoms with Crippen LogP contribution >= 0.6 is 0 Å². The third kappa shape index (κ3) is 2.89. The summed E-state index contributed by atoms with van der Waals surface area (Å²) >= 11 is 0. The number of hydrogen-bond donors (Lipinski definition) is 1. The van der Waals surface area contributed by atoms with Gasteiger partial charge in [-0.05, 0) is 55.3 Å². The molecule has 18 heavy (non-hydrogen) atoms. The molecule has 1 saturated heterocycles. The Balaban J connectivity index is 2.25. The van der Waals surface area contributed by atoms with Crippen LogP contribution in [0.4, 0.5) is 8.78 Å². The first-order chi connectivity index (χ1) is 8.59. The van der Waals surface area contributed by atoms with Crippen LogP contribution in [0.1, 0.15) is 38.2 Å². The Hall–Kier alpha value is -0.960. The number of nitrogens with one attached hydrogen (secondary N) is 1. The van der Waals surface area contributed by atoms with E-state index in [0.29, 0.717) is 17.4 Å². The lowest BCUT2D eigenvalue weighted by Crippen LogP contribution is -2.36. The van der Waals surface area contributed by atoms with E-state index < -0.39 is 11.6 Å². The van der Waals surface area contributed by atoms with Crippen LogP contribution in [0.25, 0.3) is 0 Å². The van der Waals surface area contributed by atoms with Gasteiger partial charge in [0, 0.05) is 0 Å². The molecule has 2 rings (SSSR count). The van der Waals surface area contributed by atoms with Crippen LogP contribution in [0.3, 0.4) is 0 Å². The summed E-state index contributed by atoms with van der Waals surface area (Å²) in [7, 11) is 0. The van der Waals surface area contributed by atoms with Crippen LogP contribution < -0.4 is 5.32 Å². The van der Waals surface area contributed by atoms with Gasteiger partial charge in [-0.25, -0.2) is 8.78 Å². The molecule has 0 aliphatic carbocycles. The summed E-state index contributed by atoms with van der Waals surface area (Å²) in [6.07, 6.45) is 1.94. The first-order valence-electron chi connectivity index (χ1n) is 6.74. The van der Waals surface area contributed by atoms with E-state index >= 15 is 0 Å². The van der Waals surface area contributed by atoms with E-state index in [1.165, 1.54) is 6.07 Å². The van der Waals surface area contributed by atoms with Crippen LogP contribution in [0.2, 0.25) is 0 Å². The van der Waals surface area contributed by atoms with E-state index in [4.69, 9.17) is 0 Å². The lowest BCUT2D eigenvalue weighted by molar-refractivity contribution is 0.274. The molecule has 1 heterocycles. The van der Waals surface area contributed by atoms with Crippen LogP contribution in [0, 0.1) is 23.5 Å². The first-order valence-corrected chi connectivity index (χ1v) is 6.74. The molecule has 0 bridgehead atoms. The number of rotatable bonds is 3. The van der Waals surface area contributed by atoms with E-state index in [2.05, 4.69) is 19.2 Å². The van der Waals surface area contributed by atoms with Gasteiger partial charge in [0.15, 0.2) is 11.6 Å². The molecule has 100 valence electrons. The predicted octanol–water partition coefficient (Wildman–Crippen LogP) is 3.70. The Bertz CT molecular complexity index is 403. The molecule has 2 atom stereocenters. The van der Waals surface area contributed by atoms with Crippen molar-refractivity contribution in [2.45, 2.75) is 32.6 Å². The average Bonchev–Trinajstić information content (AvgIpc) is 2.33. The summed E-state index contributed by atoms with van der Waals surface area (Å²) in [6.45, 7) is 6.13. The van der Waals surface area contributed by atoms with Crippen molar-refractivity contribution in [2.75, 3.05) is 13.1 Å². The lowest BCUT2D eigenvalue weighted by atomic mass is 9.77. The smallest absolute Gasteiger partial charge is 0.162 e. The second-order valence-electron chi connectivity index (χ2n) is 5.63. The highest BCUT2D eigenvalue weighted by Gasteiger charge is 2.29. The van der Waals surface area contributed by atoms with Gasteiger partial charge in [-0.2, -0.15) is 0 Å². The fourth-order valence-electron chi connectivity index (χ4n) is 2.99. The molecule has 1 fully saturated rings. The van der Waals surface area contributed by atoms with Gasteiger partial charge < -0.3 is 5.32 Å². The molecule has 1 N–H and O–H groups in total. The molecule has 1 aromatic carbocycles. The van der Waals surface area contributed by atoms with E-state index in [9.17, 15) is 8.78 Å². The summed E-state index contributed by atoms with van der Waals surface area (Å²) in [6, 6.07) is 4.54. The molecule has 0 radical (unpaired) electrons. The monoisotopic (exact) mass is 253 g/mol. The van der Waals surface area contributed by atoms with Gasteiger partial charge in [-0.3, -0.25) is 0 Å². The number of piperidine rings is 1. The molecule has 1 nitrogen and oxygen atoms in total. The number of benzene rings is 1. The van der Waals surface area contributed by atoms with Gasteiger partial charge in [0.1, 0.15) is 0 Å². The Kier molecular flexibility index (Phi) is 4.33. The predicted molar refractivity (Wildman–Crippen MR) is 69.5 cm³/mol. The zero-order valence-corrected chi connectivity index (χ0v) is 11.0. The minimum Gasteiger partial charge on any atom is -0.316 e. The van der Waals surface area contributed by atoms with E-state index in [-0.39, 0.29) is 5.92 Å². The minimum absolute atomic E-state index is 0.143. The highest BCUT2D eigenvalue weighted by atomic mass is 19.2. The summed E-state index contributed by atoms with van der Waals surface area (Å²) in [5.74, 6) is -0.263. The van der Waals surface area contributed by atoms with Gasteiger partial charge in [-0.15, -0.1) is 0 Å². The Morgan fingerprint density at radius 1 is 1.33 bits per heavy atom. The number of hydrogen-bond acceptors (Lipinski definition) is 1. The molecule has 1 aromatic rings. The maximum Gasteiger partial charge on any atom is 0.162 e. The van der Waals surface area contributed by atoms with Gasteiger partial charge in [0.05, 0.1) is 0 Å². The topological polar surface area (TPSA) is 12.0 Å². The van der Waals surface area contributed by atoms with Gasteiger partial charge in [0.25, 0.3) is 0 Å². The normalized spacial score (nSPS) is 24.5. The van der Waals surface area contributed by atoms with Gasteiger partial charge in [0.2, 0.25) is 0 Å². The van der Waals surface area contributed by atoms with Gasteiger partial charge in [-0.1, -0.05) is 26.0 Å².